The molecule has 0 aliphatic carbocycles. The Morgan fingerprint density at radius 3 is 2.39 bits per heavy atom. The molecule has 1 atom stereocenters. The van der Waals surface area contributed by atoms with Crippen LogP contribution in [0.1, 0.15) is 47.6 Å². The van der Waals surface area contributed by atoms with Crippen LogP contribution in [0.15, 0.2) is 53.4 Å². The van der Waals surface area contributed by atoms with Gasteiger partial charge < -0.3 is 14.4 Å². The molecule has 2 aromatic carbocycles. The van der Waals surface area contributed by atoms with Crippen molar-refractivity contribution in [2.45, 2.75) is 36.6 Å². The number of likely N-dealkylation sites (tertiary alicyclic amines) is 1. The highest BCUT2D eigenvalue weighted by Gasteiger charge is 2.28. The lowest BCUT2D eigenvalue weighted by molar-refractivity contribution is 0.0681. The maximum atomic E-state index is 13.4. The van der Waals surface area contributed by atoms with Crippen LogP contribution in [0.4, 0.5) is 0 Å². The average molecular weight is 447 g/mol. The summed E-state index contributed by atoms with van der Waals surface area (Å²) in [6.45, 7) is 1.16. The second kappa shape index (κ2) is 10.7. The molecule has 0 spiro atoms. The number of nitrogens with one attached hydrogen (secondary N) is 1. The minimum atomic E-state index is -3.63. The molecule has 0 radical (unpaired) electrons. The number of hydrogen-bond donors (Lipinski definition) is 1. The Labute approximate surface area is 184 Å². The van der Waals surface area contributed by atoms with Gasteiger partial charge in [-0.2, -0.15) is 0 Å². The minimum absolute atomic E-state index is 0.0139. The number of methoxy groups -OCH3 is 2. The fraction of sp³-hybridized carbons (Fsp3) is 0.435. The fourth-order valence-electron chi connectivity index (χ4n) is 3.83. The van der Waals surface area contributed by atoms with Crippen LogP contribution in [0, 0.1) is 0 Å². The Bertz CT molecular complexity index is 958. The second-order valence-electron chi connectivity index (χ2n) is 7.55. The molecular weight excluding hydrogens is 416 g/mol. The van der Waals surface area contributed by atoms with Crippen molar-refractivity contribution in [3.63, 3.8) is 0 Å². The Kier molecular flexibility index (Phi) is 8.06. The molecule has 1 heterocycles. The molecule has 0 saturated carbocycles. The van der Waals surface area contributed by atoms with E-state index in [9.17, 15) is 13.2 Å². The monoisotopic (exact) mass is 446 g/mol. The SMILES string of the molecule is COCCNS(=O)(=O)c1ccc(C(=O)N2CCCCC[C@@H]2c2ccc(OC)cc2)cc1. The zero-order chi connectivity index (χ0) is 22.3. The predicted octanol–water partition coefficient (Wildman–Crippen LogP) is 3.38. The summed E-state index contributed by atoms with van der Waals surface area (Å²) in [6.07, 6.45) is 3.99. The summed E-state index contributed by atoms with van der Waals surface area (Å²) >= 11 is 0. The first-order valence-corrected chi connectivity index (χ1v) is 12.0. The van der Waals surface area contributed by atoms with Gasteiger partial charge in [-0.05, 0) is 54.8 Å². The van der Waals surface area contributed by atoms with Gasteiger partial charge >= 0.3 is 0 Å². The van der Waals surface area contributed by atoms with E-state index < -0.39 is 10.0 Å². The van der Waals surface area contributed by atoms with Gasteiger partial charge in [-0.15, -0.1) is 0 Å². The first-order chi connectivity index (χ1) is 15.0. The summed E-state index contributed by atoms with van der Waals surface area (Å²) in [5.74, 6) is 0.699. The third-order valence-corrected chi connectivity index (χ3v) is 7.00. The van der Waals surface area contributed by atoms with Gasteiger partial charge in [-0.1, -0.05) is 25.0 Å². The fourth-order valence-corrected chi connectivity index (χ4v) is 4.84. The molecular formula is C23H30N2O5S. The first kappa shape index (κ1) is 23.2. The van der Waals surface area contributed by atoms with E-state index in [1.165, 1.54) is 19.2 Å². The van der Waals surface area contributed by atoms with E-state index in [0.717, 1.165) is 37.0 Å². The summed E-state index contributed by atoms with van der Waals surface area (Å²) in [5, 5.41) is 0. The van der Waals surface area contributed by atoms with E-state index in [1.807, 2.05) is 29.2 Å². The maximum absolute atomic E-state index is 13.4. The second-order valence-corrected chi connectivity index (χ2v) is 9.32. The van der Waals surface area contributed by atoms with E-state index in [1.54, 1.807) is 19.2 Å². The topological polar surface area (TPSA) is 84.9 Å². The molecule has 8 heteroatoms. The lowest BCUT2D eigenvalue weighted by Crippen LogP contribution is -2.35. The van der Waals surface area contributed by atoms with E-state index in [0.29, 0.717) is 12.1 Å². The Balaban J connectivity index is 1.80. The van der Waals surface area contributed by atoms with Crippen LogP contribution < -0.4 is 9.46 Å². The van der Waals surface area contributed by atoms with E-state index in [-0.39, 0.29) is 30.0 Å². The molecule has 168 valence electrons. The highest BCUT2D eigenvalue weighted by atomic mass is 32.2. The first-order valence-electron chi connectivity index (χ1n) is 10.5. The van der Waals surface area contributed by atoms with Gasteiger partial charge in [-0.25, -0.2) is 13.1 Å². The molecule has 7 nitrogen and oxygen atoms in total. The third-order valence-electron chi connectivity index (χ3n) is 5.52. The van der Waals surface area contributed by atoms with E-state index in [2.05, 4.69) is 4.72 Å². The molecule has 0 aromatic heterocycles. The van der Waals surface area contributed by atoms with Gasteiger partial charge in [0.2, 0.25) is 10.0 Å². The molecule has 2 aromatic rings. The van der Waals surface area contributed by atoms with Crippen LogP contribution in [0.25, 0.3) is 0 Å². The van der Waals surface area contributed by atoms with Gasteiger partial charge in [0.1, 0.15) is 5.75 Å². The molecule has 1 saturated heterocycles. The van der Waals surface area contributed by atoms with Crippen molar-refractivity contribution in [1.29, 1.82) is 0 Å². The number of benzene rings is 2. The molecule has 1 aliphatic heterocycles. The number of nitrogens with zero attached hydrogens (tertiary/aromatic N) is 1. The zero-order valence-electron chi connectivity index (χ0n) is 18.0. The predicted molar refractivity (Wildman–Crippen MR) is 119 cm³/mol. The number of rotatable bonds is 8. The maximum Gasteiger partial charge on any atom is 0.254 e. The van der Waals surface area contributed by atoms with Crippen LogP contribution >= 0.6 is 0 Å². The van der Waals surface area contributed by atoms with Crippen molar-refractivity contribution in [2.75, 3.05) is 33.9 Å². The van der Waals surface area contributed by atoms with Crippen molar-refractivity contribution >= 4 is 15.9 Å². The third kappa shape index (κ3) is 5.84. The van der Waals surface area contributed by atoms with Crippen molar-refractivity contribution in [1.82, 2.24) is 9.62 Å². The number of amides is 1. The highest BCUT2D eigenvalue weighted by molar-refractivity contribution is 7.89. The van der Waals surface area contributed by atoms with Gasteiger partial charge in [-0.3, -0.25) is 4.79 Å². The Hall–Kier alpha value is -2.42. The Morgan fingerprint density at radius 2 is 1.74 bits per heavy atom. The van der Waals surface area contributed by atoms with Gasteiger partial charge in [0, 0.05) is 25.8 Å². The number of sulfonamides is 1. The van der Waals surface area contributed by atoms with Crippen LogP contribution in [0.2, 0.25) is 0 Å². The van der Waals surface area contributed by atoms with Crippen LogP contribution in [-0.2, 0) is 14.8 Å². The quantitative estimate of drug-likeness (QED) is 0.629. The number of carbonyl (C=O) groups excluding carboxylic acids is 1. The minimum Gasteiger partial charge on any atom is -0.497 e. The average Bonchev–Trinajstić information content (AvgIpc) is 3.05. The largest absolute Gasteiger partial charge is 0.497 e. The molecule has 31 heavy (non-hydrogen) atoms. The van der Waals surface area contributed by atoms with E-state index >= 15 is 0 Å². The van der Waals surface area contributed by atoms with Gasteiger partial charge in [0.15, 0.2) is 0 Å². The lowest BCUT2D eigenvalue weighted by atomic mass is 10.00. The van der Waals surface area contributed by atoms with Crippen LogP contribution in [0.3, 0.4) is 0 Å². The number of hydrogen-bond acceptors (Lipinski definition) is 5. The summed E-state index contributed by atoms with van der Waals surface area (Å²) in [6, 6.07) is 14.0. The summed E-state index contributed by atoms with van der Waals surface area (Å²) in [5.41, 5.74) is 1.56. The van der Waals surface area contributed by atoms with Gasteiger partial charge in [0.05, 0.1) is 24.7 Å². The smallest absolute Gasteiger partial charge is 0.254 e. The van der Waals surface area contributed by atoms with Crippen molar-refractivity contribution in [2.24, 2.45) is 0 Å². The van der Waals surface area contributed by atoms with Crippen molar-refractivity contribution in [3.8, 4) is 5.75 Å². The number of ether oxygens (including phenoxy) is 2. The molecule has 1 fully saturated rings. The molecule has 1 N–H and O–H groups in total. The van der Waals surface area contributed by atoms with Crippen molar-refractivity contribution in [3.05, 3.63) is 59.7 Å². The lowest BCUT2D eigenvalue weighted by Gasteiger charge is -2.31. The summed E-state index contributed by atoms with van der Waals surface area (Å²) < 4.78 is 37.3. The van der Waals surface area contributed by atoms with E-state index in [4.69, 9.17) is 9.47 Å². The van der Waals surface area contributed by atoms with Crippen LogP contribution in [-0.4, -0.2) is 53.1 Å². The Morgan fingerprint density at radius 1 is 1.03 bits per heavy atom. The molecule has 1 amide bonds. The van der Waals surface area contributed by atoms with Gasteiger partial charge in [0.25, 0.3) is 5.91 Å². The molecule has 0 unspecified atom stereocenters. The number of carbonyl (C=O) groups is 1. The zero-order valence-corrected chi connectivity index (χ0v) is 18.9. The van der Waals surface area contributed by atoms with Crippen molar-refractivity contribution < 1.29 is 22.7 Å². The highest BCUT2D eigenvalue weighted by Crippen LogP contribution is 2.32. The summed E-state index contributed by atoms with van der Waals surface area (Å²) in [7, 11) is -0.490. The molecule has 3 rings (SSSR count). The summed E-state index contributed by atoms with van der Waals surface area (Å²) in [4.78, 5) is 15.4. The molecule has 0 bridgehead atoms. The van der Waals surface area contributed by atoms with Crippen LogP contribution in [0.5, 0.6) is 5.75 Å². The normalized spacial score (nSPS) is 17.2. The standard InChI is InChI=1S/C23H30N2O5S/c1-29-17-15-24-31(27,28)21-13-9-19(10-14-21)23(26)25-16-5-3-4-6-22(25)18-7-11-20(30-2)12-8-18/h7-14,22,24H,3-6,15-17H2,1-2H3/t22-/m1/s1. The molecule has 1 aliphatic rings.